The van der Waals surface area contributed by atoms with E-state index < -0.39 is 41.6 Å². The molecule has 1 aliphatic rings. The summed E-state index contributed by atoms with van der Waals surface area (Å²) in [6, 6.07) is 2.46. The van der Waals surface area contributed by atoms with Crippen LogP contribution in [0.1, 0.15) is 47.7 Å². The third-order valence-electron chi connectivity index (χ3n) is 7.05. The van der Waals surface area contributed by atoms with E-state index in [4.69, 9.17) is 4.74 Å². The number of alkyl halides is 3. The van der Waals surface area contributed by atoms with Crippen molar-refractivity contribution >= 4 is 45.5 Å². The van der Waals surface area contributed by atoms with Crippen molar-refractivity contribution < 1.29 is 36.7 Å². The number of nitrogens with zero attached hydrogens (tertiary/aromatic N) is 2. The zero-order valence-electron chi connectivity index (χ0n) is 23.0. The Balaban J connectivity index is 1.71. The molecule has 2 N–H and O–H groups in total. The van der Waals surface area contributed by atoms with Crippen molar-refractivity contribution in [3.8, 4) is 11.3 Å². The van der Waals surface area contributed by atoms with Gasteiger partial charge in [0.15, 0.2) is 11.5 Å². The molecule has 1 aromatic carbocycles. The lowest BCUT2D eigenvalue weighted by molar-refractivity contribution is -0.152. The monoisotopic (exact) mass is 624 g/mol. The summed E-state index contributed by atoms with van der Waals surface area (Å²) in [5.74, 6) is -2.98. The third kappa shape index (κ3) is 6.19. The van der Waals surface area contributed by atoms with E-state index in [-0.39, 0.29) is 28.4 Å². The second-order valence-corrected chi connectivity index (χ2v) is 11.3. The Morgan fingerprint density at radius 2 is 1.88 bits per heavy atom. The molecule has 0 radical (unpaired) electrons. The second-order valence-electron chi connectivity index (χ2n) is 9.60. The zero-order valence-corrected chi connectivity index (χ0v) is 24.6. The van der Waals surface area contributed by atoms with Gasteiger partial charge in [-0.3, -0.25) is 19.0 Å². The summed E-state index contributed by atoms with van der Waals surface area (Å²) in [5, 5.41) is 9.18. The maximum absolute atomic E-state index is 14.5. The van der Waals surface area contributed by atoms with Gasteiger partial charge in [0, 0.05) is 25.0 Å². The van der Waals surface area contributed by atoms with Gasteiger partial charge in [0.05, 0.1) is 28.7 Å². The minimum atomic E-state index is -4.88. The Kier molecular flexibility index (Phi) is 9.06. The summed E-state index contributed by atoms with van der Waals surface area (Å²) >= 11 is 2.22. The normalized spacial score (nSPS) is 14.4. The van der Waals surface area contributed by atoms with Gasteiger partial charge in [0.25, 0.3) is 11.8 Å². The van der Waals surface area contributed by atoms with Crippen LogP contribution in [0.5, 0.6) is 0 Å². The number of nitrogens with one attached hydrogen (secondary N) is 2. The number of thiazole rings is 1. The highest BCUT2D eigenvalue weighted by molar-refractivity contribution is 7.14. The Labute approximate surface area is 246 Å². The number of carbonyl (C=O) groups is 3. The van der Waals surface area contributed by atoms with Crippen LogP contribution in [-0.4, -0.2) is 36.4 Å². The Bertz CT molecular complexity index is 1620. The molecule has 224 valence electrons. The summed E-state index contributed by atoms with van der Waals surface area (Å²) in [6.45, 7) is 5.43. The van der Waals surface area contributed by atoms with Gasteiger partial charge in [0.1, 0.15) is 10.8 Å². The average Bonchev–Trinajstić information content (AvgIpc) is 3.53. The number of halogens is 4. The smallest absolute Gasteiger partial charge is 0.419 e. The zero-order chi connectivity index (χ0) is 30.8. The third-order valence-corrected chi connectivity index (χ3v) is 8.96. The van der Waals surface area contributed by atoms with E-state index in [9.17, 15) is 31.9 Å². The fraction of sp³-hybridized carbons (Fsp3) is 0.357. The molecule has 3 aromatic rings. The lowest BCUT2D eigenvalue weighted by Gasteiger charge is -2.17. The van der Waals surface area contributed by atoms with E-state index >= 15 is 0 Å². The van der Waals surface area contributed by atoms with Crippen molar-refractivity contribution in [3.63, 3.8) is 0 Å². The number of thiophene rings is 1. The largest absolute Gasteiger partial charge is 0.443 e. The van der Waals surface area contributed by atoms with E-state index in [1.54, 1.807) is 12.4 Å². The molecule has 0 spiro atoms. The average molecular weight is 625 g/mol. The Morgan fingerprint density at radius 1 is 1.17 bits per heavy atom. The standard InChI is InChI=1S/C28H28F4N4O4S2/c1-5-15(2)27(8-9-27)25(39)40-14-36-20(16-6-7-18(19(29)10-16)28(30,31)32)13-42-26(36)35-21(37)11-17-12-41-24(34-4)22(17)23(38)33-3/h6-7,10,12-13,34H,2,5,8-9,11,14H2,1,3-4H3,(H,33,38). The Morgan fingerprint density at radius 3 is 2.45 bits per heavy atom. The molecule has 2 heterocycles. The molecular weight excluding hydrogens is 596 g/mol. The van der Waals surface area contributed by atoms with Crippen molar-refractivity contribution in [3.05, 3.63) is 68.4 Å². The number of hydrogen-bond donors (Lipinski definition) is 2. The highest BCUT2D eigenvalue weighted by Gasteiger charge is 2.52. The van der Waals surface area contributed by atoms with E-state index in [2.05, 4.69) is 22.2 Å². The molecule has 0 aliphatic heterocycles. The van der Waals surface area contributed by atoms with Crippen LogP contribution >= 0.6 is 22.7 Å². The maximum atomic E-state index is 14.5. The molecule has 14 heteroatoms. The maximum Gasteiger partial charge on any atom is 0.419 e. The molecular formula is C28H28F4N4O4S2. The van der Waals surface area contributed by atoms with Gasteiger partial charge < -0.3 is 15.4 Å². The van der Waals surface area contributed by atoms with Crippen LogP contribution in [0.2, 0.25) is 0 Å². The molecule has 1 saturated carbocycles. The highest BCUT2D eigenvalue weighted by Crippen LogP contribution is 2.53. The number of aromatic nitrogens is 1. The molecule has 8 nitrogen and oxygen atoms in total. The summed E-state index contributed by atoms with van der Waals surface area (Å²) in [6.07, 6.45) is -3.34. The molecule has 42 heavy (non-hydrogen) atoms. The van der Waals surface area contributed by atoms with Gasteiger partial charge in [-0.1, -0.05) is 25.1 Å². The summed E-state index contributed by atoms with van der Waals surface area (Å²) in [4.78, 5) is 42.7. The molecule has 2 amide bonds. The molecule has 1 fully saturated rings. The second kappa shape index (κ2) is 12.2. The number of esters is 1. The van der Waals surface area contributed by atoms with E-state index in [0.717, 1.165) is 29.0 Å². The molecule has 4 rings (SSSR count). The fourth-order valence-electron chi connectivity index (χ4n) is 4.50. The first-order chi connectivity index (χ1) is 19.9. The topological polar surface area (TPSA) is 102 Å². The minimum Gasteiger partial charge on any atom is -0.443 e. The van der Waals surface area contributed by atoms with Crippen LogP contribution in [0.4, 0.5) is 22.6 Å². The van der Waals surface area contributed by atoms with Crippen molar-refractivity contribution in [2.75, 3.05) is 19.4 Å². The number of rotatable bonds is 10. The van der Waals surface area contributed by atoms with E-state index in [1.807, 2.05) is 6.92 Å². The lowest BCUT2D eigenvalue weighted by Crippen LogP contribution is -2.26. The van der Waals surface area contributed by atoms with Crippen LogP contribution < -0.4 is 15.4 Å². The molecule has 2 aromatic heterocycles. The quantitative estimate of drug-likeness (QED) is 0.170. The van der Waals surface area contributed by atoms with Gasteiger partial charge >= 0.3 is 12.1 Å². The molecule has 0 bridgehead atoms. The number of anilines is 1. The first-order valence-electron chi connectivity index (χ1n) is 12.8. The first-order valence-corrected chi connectivity index (χ1v) is 14.6. The van der Waals surface area contributed by atoms with E-state index in [0.29, 0.717) is 41.5 Å². The minimum absolute atomic E-state index is 0.0687. The number of benzene rings is 1. The van der Waals surface area contributed by atoms with Gasteiger partial charge in [0.2, 0.25) is 0 Å². The van der Waals surface area contributed by atoms with Crippen molar-refractivity contribution in [2.45, 2.75) is 45.5 Å². The van der Waals surface area contributed by atoms with Gasteiger partial charge in [-0.15, -0.1) is 22.7 Å². The SMILES string of the molecule is C=C(CC)C1(C(=O)OCn2c(-c3ccc(C(F)(F)F)c(F)c3)csc2=NC(=O)Cc2csc(NC)c2C(=O)NC)CC1. The van der Waals surface area contributed by atoms with Crippen molar-refractivity contribution in [1.82, 2.24) is 9.88 Å². The molecule has 0 unspecified atom stereocenters. The number of hydrogen-bond acceptors (Lipinski definition) is 7. The van der Waals surface area contributed by atoms with Crippen LogP contribution in [-0.2, 0) is 33.7 Å². The molecule has 1 aliphatic carbocycles. The predicted molar refractivity (Wildman–Crippen MR) is 151 cm³/mol. The van der Waals surface area contributed by atoms with Crippen LogP contribution in [0.3, 0.4) is 0 Å². The summed E-state index contributed by atoms with van der Waals surface area (Å²) in [5.41, 5.74) is -0.448. The van der Waals surface area contributed by atoms with E-state index in [1.165, 1.54) is 28.3 Å². The number of ether oxygens (including phenoxy) is 1. The van der Waals surface area contributed by atoms with Crippen molar-refractivity contribution in [1.29, 1.82) is 0 Å². The number of amides is 2. The first kappa shape index (κ1) is 31.2. The molecule has 0 saturated heterocycles. The van der Waals surface area contributed by atoms with Crippen molar-refractivity contribution in [2.24, 2.45) is 10.4 Å². The lowest BCUT2D eigenvalue weighted by atomic mass is 9.95. The van der Waals surface area contributed by atoms with Crippen LogP contribution in [0.25, 0.3) is 11.3 Å². The predicted octanol–water partition coefficient (Wildman–Crippen LogP) is 5.75. The van der Waals surface area contributed by atoms with Crippen LogP contribution in [0.15, 0.2) is 46.1 Å². The number of carbonyl (C=O) groups excluding carboxylic acids is 3. The fourth-order valence-corrected chi connectivity index (χ4v) is 6.33. The highest BCUT2D eigenvalue weighted by atomic mass is 32.1. The molecule has 0 atom stereocenters. The Hall–Kier alpha value is -3.78. The van der Waals surface area contributed by atoms with Gasteiger partial charge in [-0.05, 0) is 42.3 Å². The van der Waals surface area contributed by atoms with Gasteiger partial charge in [-0.25, -0.2) is 4.39 Å². The summed E-state index contributed by atoms with van der Waals surface area (Å²) < 4.78 is 60.8. The summed E-state index contributed by atoms with van der Waals surface area (Å²) in [7, 11) is 3.12. The van der Waals surface area contributed by atoms with Gasteiger partial charge in [-0.2, -0.15) is 18.2 Å². The van der Waals surface area contributed by atoms with Crippen LogP contribution in [0, 0.1) is 11.2 Å².